The molecule has 1 amide bonds. The van der Waals surface area contributed by atoms with Crippen molar-refractivity contribution < 1.29 is 23.1 Å². The molecule has 22 heavy (non-hydrogen) atoms. The zero-order valence-corrected chi connectivity index (χ0v) is 12.8. The van der Waals surface area contributed by atoms with Gasteiger partial charge in [-0.05, 0) is 36.6 Å². The molecule has 1 saturated heterocycles. The Kier molecular flexibility index (Phi) is 3.45. The largest absolute Gasteiger partial charge is 0.480 e. The molecule has 1 aromatic rings. The van der Waals surface area contributed by atoms with Gasteiger partial charge in [-0.2, -0.15) is 4.31 Å². The number of aliphatic carboxylic acids is 1. The molecule has 0 bridgehead atoms. The van der Waals surface area contributed by atoms with Gasteiger partial charge < -0.3 is 10.0 Å². The van der Waals surface area contributed by atoms with Crippen LogP contribution in [0.25, 0.3) is 0 Å². The quantitative estimate of drug-likeness (QED) is 0.871. The van der Waals surface area contributed by atoms with E-state index in [2.05, 4.69) is 0 Å². The molecule has 3 rings (SSSR count). The van der Waals surface area contributed by atoms with Crippen LogP contribution in [0.4, 0.5) is 5.69 Å². The van der Waals surface area contributed by atoms with Crippen molar-refractivity contribution in [2.24, 2.45) is 0 Å². The number of hydrogen-bond donors (Lipinski definition) is 1. The number of amides is 1. The Hall–Kier alpha value is -1.93. The lowest BCUT2D eigenvalue weighted by molar-refractivity contribution is -0.140. The van der Waals surface area contributed by atoms with Gasteiger partial charge in [0.1, 0.15) is 6.04 Å². The molecule has 118 valence electrons. The van der Waals surface area contributed by atoms with Crippen LogP contribution in [0.2, 0.25) is 0 Å². The molecule has 0 aliphatic carbocycles. The molecule has 0 radical (unpaired) electrons. The molecule has 2 aliphatic rings. The summed E-state index contributed by atoms with van der Waals surface area (Å²) in [7, 11) is -2.22. The zero-order chi connectivity index (χ0) is 16.1. The molecule has 0 spiro atoms. The number of carboxylic acid groups (broad SMARTS) is 1. The van der Waals surface area contributed by atoms with Crippen molar-refractivity contribution in [3.8, 4) is 0 Å². The average Bonchev–Trinajstić information content (AvgIpc) is 3.05. The summed E-state index contributed by atoms with van der Waals surface area (Å²) in [6, 6.07) is 3.49. The van der Waals surface area contributed by atoms with E-state index in [1.54, 1.807) is 13.1 Å². The molecule has 0 aromatic heterocycles. The number of anilines is 1. The minimum atomic E-state index is -3.87. The van der Waals surface area contributed by atoms with Crippen molar-refractivity contribution in [3.63, 3.8) is 0 Å². The Labute approximate surface area is 128 Å². The van der Waals surface area contributed by atoms with Crippen LogP contribution in [0.3, 0.4) is 0 Å². The van der Waals surface area contributed by atoms with Crippen molar-refractivity contribution in [1.29, 1.82) is 0 Å². The van der Waals surface area contributed by atoms with Gasteiger partial charge in [0.05, 0.1) is 11.3 Å². The second-order valence-electron chi connectivity index (χ2n) is 5.53. The summed E-state index contributed by atoms with van der Waals surface area (Å²) in [6.07, 6.45) is 1.01. The van der Waals surface area contributed by atoms with Gasteiger partial charge in [-0.25, -0.2) is 8.42 Å². The Bertz CT molecular complexity index is 758. The van der Waals surface area contributed by atoms with Crippen LogP contribution in [0.1, 0.15) is 18.4 Å². The van der Waals surface area contributed by atoms with E-state index in [1.165, 1.54) is 17.0 Å². The average molecular weight is 324 g/mol. The van der Waals surface area contributed by atoms with Crippen LogP contribution in [0.5, 0.6) is 0 Å². The van der Waals surface area contributed by atoms with Crippen LogP contribution in [0.15, 0.2) is 23.1 Å². The molecule has 2 aliphatic heterocycles. The van der Waals surface area contributed by atoms with Gasteiger partial charge in [-0.15, -0.1) is 0 Å². The molecule has 1 unspecified atom stereocenters. The number of likely N-dealkylation sites (N-methyl/N-ethyl adjacent to an activating group) is 1. The van der Waals surface area contributed by atoms with Crippen molar-refractivity contribution >= 4 is 27.6 Å². The smallest absolute Gasteiger partial charge is 0.322 e. The van der Waals surface area contributed by atoms with E-state index in [0.29, 0.717) is 24.1 Å². The summed E-state index contributed by atoms with van der Waals surface area (Å²) >= 11 is 0. The molecule has 1 fully saturated rings. The number of nitrogens with zero attached hydrogens (tertiary/aromatic N) is 2. The Morgan fingerprint density at radius 1 is 1.36 bits per heavy atom. The molecule has 2 heterocycles. The molecule has 8 heteroatoms. The molecule has 1 atom stereocenters. The Balaban J connectivity index is 1.99. The fourth-order valence-electron chi connectivity index (χ4n) is 3.02. The number of carboxylic acids is 1. The lowest BCUT2D eigenvalue weighted by atomic mass is 10.2. The third-order valence-electron chi connectivity index (χ3n) is 4.22. The minimum Gasteiger partial charge on any atom is -0.480 e. The first-order valence-corrected chi connectivity index (χ1v) is 8.40. The number of fused-ring (bicyclic) bond motifs is 1. The van der Waals surface area contributed by atoms with Crippen molar-refractivity contribution in [2.75, 3.05) is 18.5 Å². The number of rotatable bonds is 3. The maximum atomic E-state index is 12.7. The standard InChI is InChI=1S/C14H16N2O5S/c1-15-11-5-4-10(7-9(11)8-13(15)17)22(20,21)16-6-2-3-12(16)14(18)19/h4-5,7,12H,2-3,6,8H2,1H3,(H,18,19). The highest BCUT2D eigenvalue weighted by Crippen LogP contribution is 2.32. The normalized spacial score (nSPS) is 22.1. The van der Waals surface area contributed by atoms with Gasteiger partial charge in [-0.1, -0.05) is 0 Å². The third kappa shape index (κ3) is 2.19. The second-order valence-corrected chi connectivity index (χ2v) is 7.42. The van der Waals surface area contributed by atoms with Crippen LogP contribution >= 0.6 is 0 Å². The van der Waals surface area contributed by atoms with Gasteiger partial charge >= 0.3 is 5.97 Å². The Morgan fingerprint density at radius 2 is 2.09 bits per heavy atom. The van der Waals surface area contributed by atoms with E-state index in [9.17, 15) is 18.0 Å². The lowest BCUT2D eigenvalue weighted by Crippen LogP contribution is -2.40. The van der Waals surface area contributed by atoms with E-state index >= 15 is 0 Å². The fraction of sp³-hybridized carbons (Fsp3) is 0.429. The molecular weight excluding hydrogens is 308 g/mol. The highest BCUT2D eigenvalue weighted by molar-refractivity contribution is 7.89. The summed E-state index contributed by atoms with van der Waals surface area (Å²) in [6.45, 7) is 0.204. The summed E-state index contributed by atoms with van der Waals surface area (Å²) < 4.78 is 26.4. The van der Waals surface area contributed by atoms with Crippen molar-refractivity contribution in [3.05, 3.63) is 23.8 Å². The summed E-state index contributed by atoms with van der Waals surface area (Å²) in [5.41, 5.74) is 1.35. The third-order valence-corrected chi connectivity index (χ3v) is 6.13. The number of hydrogen-bond acceptors (Lipinski definition) is 4. The first-order valence-electron chi connectivity index (χ1n) is 6.96. The van der Waals surface area contributed by atoms with Crippen LogP contribution in [-0.2, 0) is 26.0 Å². The fourth-order valence-corrected chi connectivity index (χ4v) is 4.72. The van der Waals surface area contributed by atoms with E-state index in [0.717, 1.165) is 4.31 Å². The number of carbonyl (C=O) groups is 2. The number of sulfonamides is 1. The number of benzene rings is 1. The second kappa shape index (κ2) is 5.06. The van der Waals surface area contributed by atoms with Gasteiger partial charge in [0.15, 0.2) is 0 Å². The zero-order valence-electron chi connectivity index (χ0n) is 12.0. The van der Waals surface area contributed by atoms with Crippen LogP contribution < -0.4 is 4.90 Å². The number of carbonyl (C=O) groups excluding carboxylic acids is 1. The van der Waals surface area contributed by atoms with E-state index in [4.69, 9.17) is 5.11 Å². The first kappa shape index (κ1) is 15.0. The highest BCUT2D eigenvalue weighted by atomic mass is 32.2. The van der Waals surface area contributed by atoms with Crippen molar-refractivity contribution in [1.82, 2.24) is 4.31 Å². The molecule has 7 nitrogen and oxygen atoms in total. The lowest BCUT2D eigenvalue weighted by Gasteiger charge is -2.21. The topological polar surface area (TPSA) is 95.0 Å². The molecule has 0 saturated carbocycles. The van der Waals surface area contributed by atoms with Gasteiger partial charge in [0, 0.05) is 19.3 Å². The predicted molar refractivity (Wildman–Crippen MR) is 78.1 cm³/mol. The molecule has 1 N–H and O–H groups in total. The maximum absolute atomic E-state index is 12.7. The van der Waals surface area contributed by atoms with E-state index < -0.39 is 22.0 Å². The van der Waals surface area contributed by atoms with E-state index in [-0.39, 0.29) is 23.8 Å². The van der Waals surface area contributed by atoms with Gasteiger partial charge in [-0.3, -0.25) is 9.59 Å². The monoisotopic (exact) mass is 324 g/mol. The van der Waals surface area contributed by atoms with Gasteiger partial charge in [0.25, 0.3) is 0 Å². The Morgan fingerprint density at radius 3 is 2.77 bits per heavy atom. The van der Waals surface area contributed by atoms with Crippen LogP contribution in [0, 0.1) is 0 Å². The maximum Gasteiger partial charge on any atom is 0.322 e. The molecule has 1 aromatic carbocycles. The van der Waals surface area contributed by atoms with E-state index in [1.807, 2.05) is 0 Å². The van der Waals surface area contributed by atoms with Crippen LogP contribution in [-0.4, -0.2) is 49.3 Å². The first-order chi connectivity index (χ1) is 10.3. The summed E-state index contributed by atoms with van der Waals surface area (Å²) in [5.74, 6) is -1.22. The molecular formula is C14H16N2O5S. The predicted octanol–water partition coefficient (Wildman–Crippen LogP) is 0.443. The minimum absolute atomic E-state index is 0.0440. The van der Waals surface area contributed by atoms with Crippen molar-refractivity contribution in [2.45, 2.75) is 30.2 Å². The SMILES string of the molecule is CN1C(=O)Cc2cc(S(=O)(=O)N3CCCC3C(=O)O)ccc21. The highest BCUT2D eigenvalue weighted by Gasteiger charge is 2.40. The summed E-state index contributed by atoms with van der Waals surface area (Å²) in [5, 5.41) is 9.16. The van der Waals surface area contributed by atoms with Gasteiger partial charge in [0.2, 0.25) is 15.9 Å². The summed E-state index contributed by atoms with van der Waals surface area (Å²) in [4.78, 5) is 24.4.